The Hall–Kier alpha value is -2.21. The van der Waals surface area contributed by atoms with E-state index in [1.807, 2.05) is 26.0 Å². The molecular weight excluding hydrogens is 368 g/mol. The van der Waals surface area contributed by atoms with Gasteiger partial charge in [0.1, 0.15) is 12.2 Å². The molecule has 3 atom stereocenters. The molecule has 1 aromatic carbocycles. The number of methoxy groups -OCH3 is 1. The fraction of sp³-hybridized carbons (Fsp3) is 0.609. The number of hydrogen-bond donors (Lipinski definition) is 0. The molecule has 6 nitrogen and oxygen atoms in total. The number of benzene rings is 1. The van der Waals surface area contributed by atoms with Crippen LogP contribution in [0, 0.1) is 0 Å². The lowest BCUT2D eigenvalue weighted by Crippen LogP contribution is -2.36. The van der Waals surface area contributed by atoms with E-state index in [2.05, 4.69) is 31.0 Å². The second kappa shape index (κ2) is 9.53. The zero-order chi connectivity index (χ0) is 21.0. The molecule has 0 N–H and O–H groups in total. The standard InChI is InChI=1S/C23H34N2O4/c1-6-13-24(4)15-16-9-12-19(27-5)22-21(16)18-11-10-17(14-20(18)29-22)28-23(26)25(7-2)8-3/h9-12,17-18,20H,6-8,13-15H2,1-5H3/t17-,18+,20-/m0/s1. The smallest absolute Gasteiger partial charge is 0.410 e. The summed E-state index contributed by atoms with van der Waals surface area (Å²) in [5.41, 5.74) is 2.48. The molecule has 0 fully saturated rings. The van der Waals surface area contributed by atoms with Gasteiger partial charge < -0.3 is 24.0 Å². The number of carbonyl (C=O) groups is 1. The van der Waals surface area contributed by atoms with Gasteiger partial charge in [-0.15, -0.1) is 0 Å². The summed E-state index contributed by atoms with van der Waals surface area (Å²) >= 11 is 0. The zero-order valence-corrected chi connectivity index (χ0v) is 18.3. The Labute approximate surface area is 174 Å². The Morgan fingerprint density at radius 1 is 1.21 bits per heavy atom. The van der Waals surface area contributed by atoms with Gasteiger partial charge in [0.2, 0.25) is 0 Å². The van der Waals surface area contributed by atoms with Crippen LogP contribution in [0.25, 0.3) is 0 Å². The number of amides is 1. The van der Waals surface area contributed by atoms with Crippen LogP contribution in [-0.4, -0.2) is 61.9 Å². The monoisotopic (exact) mass is 402 g/mol. The average Bonchev–Trinajstić information content (AvgIpc) is 3.08. The fourth-order valence-corrected chi connectivity index (χ4v) is 4.31. The summed E-state index contributed by atoms with van der Waals surface area (Å²) in [5.74, 6) is 1.76. The van der Waals surface area contributed by atoms with E-state index in [0.717, 1.165) is 31.0 Å². The Kier molecular flexibility index (Phi) is 7.06. The minimum absolute atomic E-state index is 0.0453. The Morgan fingerprint density at radius 3 is 2.62 bits per heavy atom. The van der Waals surface area contributed by atoms with Crippen molar-refractivity contribution in [1.82, 2.24) is 9.80 Å². The quantitative estimate of drug-likeness (QED) is 0.611. The first-order chi connectivity index (χ1) is 14.0. The lowest BCUT2D eigenvalue weighted by molar-refractivity contribution is 0.0568. The van der Waals surface area contributed by atoms with E-state index >= 15 is 0 Å². The third-order valence-electron chi connectivity index (χ3n) is 5.79. The van der Waals surface area contributed by atoms with Crippen molar-refractivity contribution in [2.24, 2.45) is 0 Å². The zero-order valence-electron chi connectivity index (χ0n) is 18.3. The van der Waals surface area contributed by atoms with Gasteiger partial charge in [-0.25, -0.2) is 4.79 Å². The van der Waals surface area contributed by atoms with E-state index in [4.69, 9.17) is 14.2 Å². The first kappa shape index (κ1) is 21.5. The highest BCUT2D eigenvalue weighted by atomic mass is 16.6. The minimum Gasteiger partial charge on any atom is -0.493 e. The largest absolute Gasteiger partial charge is 0.493 e. The van der Waals surface area contributed by atoms with Crippen LogP contribution < -0.4 is 9.47 Å². The van der Waals surface area contributed by atoms with Crippen molar-refractivity contribution in [2.45, 2.75) is 58.3 Å². The van der Waals surface area contributed by atoms with E-state index < -0.39 is 0 Å². The number of rotatable bonds is 8. The highest BCUT2D eigenvalue weighted by Gasteiger charge is 2.41. The van der Waals surface area contributed by atoms with Gasteiger partial charge in [-0.05, 0) is 51.6 Å². The lowest BCUT2D eigenvalue weighted by Gasteiger charge is -2.28. The topological polar surface area (TPSA) is 51.2 Å². The Balaban J connectivity index is 1.80. The van der Waals surface area contributed by atoms with Crippen molar-refractivity contribution in [3.8, 4) is 11.5 Å². The second-order valence-corrected chi connectivity index (χ2v) is 7.80. The number of carbonyl (C=O) groups excluding carboxylic acids is 1. The van der Waals surface area contributed by atoms with Gasteiger partial charge >= 0.3 is 6.09 Å². The van der Waals surface area contributed by atoms with E-state index in [1.54, 1.807) is 12.0 Å². The predicted molar refractivity (Wildman–Crippen MR) is 114 cm³/mol. The van der Waals surface area contributed by atoms with Crippen molar-refractivity contribution in [3.05, 3.63) is 35.4 Å². The SMILES string of the molecule is CCCN(C)Cc1ccc(OC)c2c1[C@@H]1C=C[C@H](OC(=O)N(CC)CC)C[C@@H]1O2. The summed E-state index contributed by atoms with van der Waals surface area (Å²) in [5, 5.41) is 0. The molecule has 0 saturated carbocycles. The average molecular weight is 403 g/mol. The molecule has 0 radical (unpaired) electrons. The molecule has 0 unspecified atom stereocenters. The van der Waals surface area contributed by atoms with Crippen molar-refractivity contribution in [1.29, 1.82) is 0 Å². The van der Waals surface area contributed by atoms with Crippen LogP contribution in [0.3, 0.4) is 0 Å². The summed E-state index contributed by atoms with van der Waals surface area (Å²) in [6.07, 6.45) is 5.35. The third-order valence-corrected chi connectivity index (χ3v) is 5.79. The third kappa shape index (κ3) is 4.53. The summed E-state index contributed by atoms with van der Waals surface area (Å²) < 4.78 is 17.6. The molecule has 6 heteroatoms. The normalized spacial score (nSPS) is 22.1. The van der Waals surface area contributed by atoms with E-state index in [0.29, 0.717) is 19.5 Å². The summed E-state index contributed by atoms with van der Waals surface area (Å²) in [7, 11) is 3.82. The van der Waals surface area contributed by atoms with E-state index in [9.17, 15) is 4.79 Å². The molecule has 1 heterocycles. The van der Waals surface area contributed by atoms with Crippen LogP contribution in [0.4, 0.5) is 4.79 Å². The van der Waals surface area contributed by atoms with Crippen LogP contribution in [-0.2, 0) is 11.3 Å². The van der Waals surface area contributed by atoms with Crippen LogP contribution in [0.5, 0.6) is 11.5 Å². The number of hydrogen-bond acceptors (Lipinski definition) is 5. The molecule has 1 amide bonds. The number of ether oxygens (including phenoxy) is 3. The molecular formula is C23H34N2O4. The Bertz CT molecular complexity index is 745. The molecule has 0 spiro atoms. The van der Waals surface area contributed by atoms with Gasteiger partial charge in [0.15, 0.2) is 11.5 Å². The maximum atomic E-state index is 12.3. The van der Waals surface area contributed by atoms with Crippen LogP contribution >= 0.6 is 0 Å². The Morgan fingerprint density at radius 2 is 1.97 bits per heavy atom. The fourth-order valence-electron chi connectivity index (χ4n) is 4.31. The van der Waals surface area contributed by atoms with Crippen molar-refractivity contribution in [3.63, 3.8) is 0 Å². The molecule has 160 valence electrons. The predicted octanol–water partition coefficient (Wildman–Crippen LogP) is 4.19. The molecule has 1 aliphatic carbocycles. The maximum Gasteiger partial charge on any atom is 0.410 e. The van der Waals surface area contributed by atoms with Gasteiger partial charge in [0.25, 0.3) is 0 Å². The molecule has 2 aliphatic rings. The second-order valence-electron chi connectivity index (χ2n) is 7.80. The molecule has 1 aromatic rings. The number of nitrogens with zero attached hydrogens (tertiary/aromatic N) is 2. The van der Waals surface area contributed by atoms with Gasteiger partial charge in [-0.2, -0.15) is 0 Å². The minimum atomic E-state index is -0.268. The lowest BCUT2D eigenvalue weighted by atomic mass is 9.85. The van der Waals surface area contributed by atoms with Crippen molar-refractivity contribution >= 4 is 6.09 Å². The van der Waals surface area contributed by atoms with Gasteiger partial charge in [0.05, 0.1) is 7.11 Å². The molecule has 0 aromatic heterocycles. The summed E-state index contributed by atoms with van der Waals surface area (Å²) in [6, 6.07) is 4.14. The first-order valence-corrected chi connectivity index (χ1v) is 10.7. The maximum absolute atomic E-state index is 12.3. The van der Waals surface area contributed by atoms with Crippen LogP contribution in [0.2, 0.25) is 0 Å². The van der Waals surface area contributed by atoms with Crippen LogP contribution in [0.1, 0.15) is 50.7 Å². The molecule has 1 aliphatic heterocycles. The molecule has 0 bridgehead atoms. The molecule has 3 rings (SSSR count). The highest BCUT2D eigenvalue weighted by molar-refractivity contribution is 5.68. The molecule has 29 heavy (non-hydrogen) atoms. The van der Waals surface area contributed by atoms with Gasteiger partial charge in [-0.1, -0.05) is 19.1 Å². The molecule has 0 saturated heterocycles. The van der Waals surface area contributed by atoms with Crippen LogP contribution in [0.15, 0.2) is 24.3 Å². The van der Waals surface area contributed by atoms with E-state index in [1.165, 1.54) is 11.1 Å². The van der Waals surface area contributed by atoms with Gasteiger partial charge in [0, 0.05) is 37.5 Å². The first-order valence-electron chi connectivity index (χ1n) is 10.7. The van der Waals surface area contributed by atoms with Gasteiger partial charge in [-0.3, -0.25) is 0 Å². The summed E-state index contributed by atoms with van der Waals surface area (Å²) in [6.45, 7) is 9.32. The highest BCUT2D eigenvalue weighted by Crippen LogP contribution is 2.49. The van der Waals surface area contributed by atoms with Crippen molar-refractivity contribution in [2.75, 3.05) is 33.8 Å². The number of fused-ring (bicyclic) bond motifs is 3. The summed E-state index contributed by atoms with van der Waals surface area (Å²) in [4.78, 5) is 16.3. The van der Waals surface area contributed by atoms with E-state index in [-0.39, 0.29) is 24.2 Å². The van der Waals surface area contributed by atoms with Crippen molar-refractivity contribution < 1.29 is 19.0 Å².